The van der Waals surface area contributed by atoms with Crippen molar-refractivity contribution in [2.45, 2.75) is 136 Å². The van der Waals surface area contributed by atoms with E-state index < -0.39 is 0 Å². The molecule has 0 amide bonds. The van der Waals surface area contributed by atoms with Gasteiger partial charge in [-0.3, -0.25) is 0 Å². The van der Waals surface area contributed by atoms with Gasteiger partial charge in [0.1, 0.15) is 10.5 Å². The van der Waals surface area contributed by atoms with E-state index in [-0.39, 0.29) is 0 Å². The van der Waals surface area contributed by atoms with Crippen molar-refractivity contribution in [3.63, 3.8) is 0 Å². The Morgan fingerprint density at radius 3 is 0.889 bits per heavy atom. The predicted molar refractivity (Wildman–Crippen MR) is 134 cm³/mol. The number of hydrogen-bond acceptors (Lipinski definition) is 1. The average Bonchev–Trinajstić information content (AvgIpc) is 2.70. The standard InChI is InChI=1S/C24H51P.H4OSi/c1-4-7-10-13-16-19-22-25(23-20-17-14-11-8-5-2)24-21-18-15-12-9-6-3;1-2/h4-24H2,1-3H3;1H,2H3. The van der Waals surface area contributed by atoms with Gasteiger partial charge in [-0.15, -0.1) is 7.92 Å². The quantitative estimate of drug-likeness (QED) is 0.114. The molecule has 0 spiro atoms. The largest absolute Gasteiger partial charge is 0.442 e. The van der Waals surface area contributed by atoms with Gasteiger partial charge in [0.2, 0.25) is 0 Å². The van der Waals surface area contributed by atoms with Gasteiger partial charge in [0.25, 0.3) is 0 Å². The molecule has 3 heteroatoms. The zero-order chi connectivity index (χ0) is 20.4. The molecule has 27 heavy (non-hydrogen) atoms. The van der Waals surface area contributed by atoms with Gasteiger partial charge in [-0.1, -0.05) is 117 Å². The van der Waals surface area contributed by atoms with Crippen molar-refractivity contribution in [3.8, 4) is 0 Å². The molecule has 0 saturated carbocycles. The molecule has 0 aromatic heterocycles. The Bertz CT molecular complexity index is 200. The van der Waals surface area contributed by atoms with E-state index in [0.717, 1.165) is 0 Å². The first kappa shape index (κ1) is 29.8. The van der Waals surface area contributed by atoms with Crippen LogP contribution in [0.25, 0.3) is 0 Å². The Balaban J connectivity index is 0. The van der Waals surface area contributed by atoms with E-state index in [1.807, 2.05) is 0 Å². The normalized spacial score (nSPS) is 11.0. The summed E-state index contributed by atoms with van der Waals surface area (Å²) in [6.45, 7) is 6.96. The van der Waals surface area contributed by atoms with Crippen LogP contribution in [0, 0.1) is 0 Å². The lowest BCUT2D eigenvalue weighted by atomic mass is 10.1. The fraction of sp³-hybridized carbons (Fsp3) is 1.00. The van der Waals surface area contributed by atoms with E-state index in [0.29, 0.717) is 18.4 Å². The van der Waals surface area contributed by atoms with E-state index in [4.69, 9.17) is 4.80 Å². The summed E-state index contributed by atoms with van der Waals surface area (Å²) in [6, 6.07) is 0. The van der Waals surface area contributed by atoms with E-state index in [1.165, 1.54) is 116 Å². The Kier molecular flexibility index (Phi) is 31.8. The summed E-state index contributed by atoms with van der Waals surface area (Å²) < 4.78 is 0. The zero-order valence-electron chi connectivity index (χ0n) is 19.7. The summed E-state index contributed by atoms with van der Waals surface area (Å²) in [6.07, 6.45) is 31.2. The minimum atomic E-state index is 0.306. The Morgan fingerprint density at radius 1 is 0.407 bits per heavy atom. The summed E-state index contributed by atoms with van der Waals surface area (Å²) in [5, 5.41) is 0. The van der Waals surface area contributed by atoms with Crippen LogP contribution in [0.4, 0.5) is 0 Å². The molecule has 0 aliphatic heterocycles. The second kappa shape index (κ2) is 28.8. The van der Waals surface area contributed by atoms with E-state index in [1.54, 1.807) is 18.5 Å². The SMILES string of the molecule is CCCCCCCCP(CCCCCCCC)CCCCCCCC.O[SiH3]. The summed E-state index contributed by atoms with van der Waals surface area (Å²) in [4.78, 5) is 7.14. The lowest BCUT2D eigenvalue weighted by molar-refractivity contribution is 0.617. The van der Waals surface area contributed by atoms with Gasteiger partial charge in [0.05, 0.1) is 0 Å². The van der Waals surface area contributed by atoms with Gasteiger partial charge >= 0.3 is 0 Å². The lowest BCUT2D eigenvalue weighted by Gasteiger charge is -2.18. The minimum absolute atomic E-state index is 0.306. The molecule has 0 atom stereocenters. The van der Waals surface area contributed by atoms with Crippen LogP contribution in [0.1, 0.15) is 136 Å². The number of hydrogen-bond donors (Lipinski definition) is 1. The maximum absolute atomic E-state index is 7.14. The molecule has 0 unspecified atom stereocenters. The van der Waals surface area contributed by atoms with Crippen molar-refractivity contribution < 1.29 is 4.80 Å². The molecular weight excluding hydrogens is 363 g/mol. The molecule has 0 aromatic rings. The summed E-state index contributed by atoms with van der Waals surface area (Å²) >= 11 is 0. The van der Waals surface area contributed by atoms with Gasteiger partial charge in [0.15, 0.2) is 0 Å². The molecule has 0 aromatic carbocycles. The minimum Gasteiger partial charge on any atom is -0.442 e. The highest BCUT2D eigenvalue weighted by molar-refractivity contribution is 7.57. The maximum atomic E-state index is 7.14. The topological polar surface area (TPSA) is 20.2 Å². The molecule has 166 valence electrons. The third-order valence-electron chi connectivity index (χ3n) is 5.48. The van der Waals surface area contributed by atoms with Crippen LogP contribution in [-0.4, -0.2) is 33.8 Å². The average molecular weight is 419 g/mol. The molecule has 0 rings (SSSR count). The molecule has 1 nitrogen and oxygen atoms in total. The molecule has 1 N–H and O–H groups in total. The number of unbranched alkanes of at least 4 members (excludes halogenated alkanes) is 15. The molecule has 0 bridgehead atoms. The highest BCUT2D eigenvalue weighted by Crippen LogP contribution is 2.39. The molecule has 0 aliphatic carbocycles. The maximum Gasteiger partial charge on any atom is 0.141 e. The van der Waals surface area contributed by atoms with Crippen LogP contribution in [0.2, 0.25) is 0 Å². The van der Waals surface area contributed by atoms with Gasteiger partial charge < -0.3 is 4.80 Å². The molecule has 0 fully saturated rings. The summed E-state index contributed by atoms with van der Waals surface area (Å²) in [5.74, 6) is 0. The fourth-order valence-corrected chi connectivity index (χ4v) is 6.37. The predicted octanol–water partition coefficient (Wildman–Crippen LogP) is 7.81. The van der Waals surface area contributed by atoms with Crippen LogP contribution < -0.4 is 0 Å². The van der Waals surface area contributed by atoms with Gasteiger partial charge in [-0.05, 0) is 37.7 Å². The van der Waals surface area contributed by atoms with Crippen LogP contribution in [0.15, 0.2) is 0 Å². The van der Waals surface area contributed by atoms with Crippen LogP contribution >= 0.6 is 7.92 Å². The summed E-state index contributed by atoms with van der Waals surface area (Å²) in [7, 11) is 0.671. The first-order valence-corrected chi connectivity index (χ1v) is 15.3. The van der Waals surface area contributed by atoms with Gasteiger partial charge in [-0.2, -0.15) is 0 Å². The van der Waals surface area contributed by atoms with Crippen LogP contribution in [-0.2, 0) is 0 Å². The van der Waals surface area contributed by atoms with Crippen molar-refractivity contribution in [2.75, 3.05) is 18.5 Å². The first-order valence-electron chi connectivity index (χ1n) is 12.5. The van der Waals surface area contributed by atoms with Crippen molar-refractivity contribution in [3.05, 3.63) is 0 Å². The Morgan fingerprint density at radius 2 is 0.630 bits per heavy atom. The highest BCUT2D eigenvalue weighted by Gasteiger charge is 2.07. The third kappa shape index (κ3) is 26.6. The molecule has 0 radical (unpaired) electrons. The van der Waals surface area contributed by atoms with E-state index in [9.17, 15) is 0 Å². The van der Waals surface area contributed by atoms with E-state index >= 15 is 0 Å². The molecule has 0 saturated heterocycles. The smallest absolute Gasteiger partial charge is 0.141 e. The van der Waals surface area contributed by atoms with E-state index in [2.05, 4.69) is 20.8 Å². The second-order valence-corrected chi connectivity index (χ2v) is 10.8. The molecular formula is C24H55OPSi. The third-order valence-corrected chi connectivity index (χ3v) is 8.33. The summed E-state index contributed by atoms with van der Waals surface area (Å²) in [5.41, 5.74) is 0. The van der Waals surface area contributed by atoms with Gasteiger partial charge in [0, 0.05) is 0 Å². The highest BCUT2D eigenvalue weighted by atomic mass is 31.1. The molecule has 0 heterocycles. The van der Waals surface area contributed by atoms with Gasteiger partial charge in [-0.25, -0.2) is 0 Å². The van der Waals surface area contributed by atoms with Crippen LogP contribution in [0.3, 0.4) is 0 Å². The van der Waals surface area contributed by atoms with Crippen molar-refractivity contribution >= 4 is 18.4 Å². The monoisotopic (exact) mass is 418 g/mol. The molecule has 0 aliphatic rings. The Hall–Kier alpha value is 0.607. The fourth-order valence-electron chi connectivity index (χ4n) is 3.68. The van der Waals surface area contributed by atoms with Crippen LogP contribution in [0.5, 0.6) is 0 Å². The lowest BCUT2D eigenvalue weighted by Crippen LogP contribution is -1.97. The first-order chi connectivity index (χ1) is 13.3. The van der Waals surface area contributed by atoms with Crippen molar-refractivity contribution in [1.82, 2.24) is 0 Å². The zero-order valence-corrected chi connectivity index (χ0v) is 22.6. The Labute approximate surface area is 178 Å². The van der Waals surface area contributed by atoms with Crippen molar-refractivity contribution in [2.24, 2.45) is 0 Å². The number of rotatable bonds is 21. The van der Waals surface area contributed by atoms with Crippen molar-refractivity contribution in [1.29, 1.82) is 0 Å². The second-order valence-electron chi connectivity index (χ2n) is 8.14.